The van der Waals surface area contributed by atoms with E-state index in [1.165, 1.54) is 0 Å². The van der Waals surface area contributed by atoms with E-state index in [4.69, 9.17) is 4.74 Å². The van der Waals surface area contributed by atoms with E-state index in [-0.39, 0.29) is 0 Å². The number of ether oxygens (including phenoxy) is 1. The summed E-state index contributed by atoms with van der Waals surface area (Å²) >= 11 is 0. The minimum absolute atomic E-state index is 0.314. The van der Waals surface area contributed by atoms with Gasteiger partial charge in [-0.25, -0.2) is 0 Å². The van der Waals surface area contributed by atoms with Crippen LogP contribution < -0.4 is 10.1 Å². The van der Waals surface area contributed by atoms with E-state index in [2.05, 4.69) is 31.0 Å². The fourth-order valence-electron chi connectivity index (χ4n) is 2.04. The SMILES string of the molecule is CCN(CC)CC(C)NCC(O)COc1ccccc1. The summed E-state index contributed by atoms with van der Waals surface area (Å²) in [6.45, 7) is 10.5. The van der Waals surface area contributed by atoms with Crippen LogP contribution in [0.4, 0.5) is 0 Å². The number of likely N-dealkylation sites (N-methyl/N-ethyl adjacent to an activating group) is 1. The van der Waals surface area contributed by atoms with Gasteiger partial charge in [-0.1, -0.05) is 32.0 Å². The Morgan fingerprint density at radius 2 is 1.85 bits per heavy atom. The molecule has 0 aromatic heterocycles. The van der Waals surface area contributed by atoms with E-state index in [9.17, 15) is 5.11 Å². The molecule has 4 nitrogen and oxygen atoms in total. The Morgan fingerprint density at radius 1 is 1.20 bits per heavy atom. The number of hydrogen-bond acceptors (Lipinski definition) is 4. The number of aliphatic hydroxyl groups excluding tert-OH is 1. The first-order valence-electron chi connectivity index (χ1n) is 7.47. The zero-order chi connectivity index (χ0) is 14.8. The van der Waals surface area contributed by atoms with Crippen molar-refractivity contribution < 1.29 is 9.84 Å². The average Bonchev–Trinajstić information content (AvgIpc) is 2.49. The maximum Gasteiger partial charge on any atom is 0.119 e. The van der Waals surface area contributed by atoms with Crippen molar-refractivity contribution in [2.75, 3.05) is 32.8 Å². The van der Waals surface area contributed by atoms with Crippen LogP contribution in [0.3, 0.4) is 0 Å². The number of hydrogen-bond donors (Lipinski definition) is 2. The molecule has 1 aromatic rings. The quantitative estimate of drug-likeness (QED) is 0.685. The van der Waals surface area contributed by atoms with Crippen LogP contribution in [0.1, 0.15) is 20.8 Å². The van der Waals surface area contributed by atoms with Gasteiger partial charge in [-0.3, -0.25) is 0 Å². The first-order valence-corrected chi connectivity index (χ1v) is 7.47. The van der Waals surface area contributed by atoms with Crippen LogP contribution in [-0.4, -0.2) is 54.9 Å². The van der Waals surface area contributed by atoms with Crippen LogP contribution in [0.15, 0.2) is 30.3 Å². The van der Waals surface area contributed by atoms with E-state index in [0.717, 1.165) is 25.4 Å². The molecule has 2 N–H and O–H groups in total. The average molecular weight is 280 g/mol. The molecule has 1 aromatic carbocycles. The zero-order valence-electron chi connectivity index (χ0n) is 12.9. The van der Waals surface area contributed by atoms with Gasteiger partial charge in [-0.15, -0.1) is 0 Å². The number of rotatable bonds is 10. The predicted molar refractivity (Wildman–Crippen MR) is 83.2 cm³/mol. The summed E-state index contributed by atoms with van der Waals surface area (Å²) in [4.78, 5) is 2.37. The smallest absolute Gasteiger partial charge is 0.119 e. The Balaban J connectivity index is 2.17. The van der Waals surface area contributed by atoms with E-state index in [1.807, 2.05) is 30.3 Å². The van der Waals surface area contributed by atoms with Crippen molar-refractivity contribution in [2.45, 2.75) is 32.9 Å². The largest absolute Gasteiger partial charge is 0.491 e. The summed E-state index contributed by atoms with van der Waals surface area (Å²) in [5.41, 5.74) is 0. The standard InChI is InChI=1S/C16H28N2O2/c1-4-18(5-2)12-14(3)17-11-15(19)13-20-16-9-7-6-8-10-16/h6-10,14-15,17,19H,4-5,11-13H2,1-3H3. The number of nitrogens with zero attached hydrogens (tertiary/aromatic N) is 1. The molecule has 2 atom stereocenters. The lowest BCUT2D eigenvalue weighted by Crippen LogP contribution is -2.43. The Bertz CT molecular complexity index is 342. The van der Waals surface area contributed by atoms with Gasteiger partial charge >= 0.3 is 0 Å². The highest BCUT2D eigenvalue weighted by Gasteiger charge is 2.10. The predicted octanol–water partition coefficient (Wildman–Crippen LogP) is 1.75. The number of benzene rings is 1. The molecule has 0 heterocycles. The van der Waals surface area contributed by atoms with Gasteiger partial charge < -0.3 is 20.1 Å². The van der Waals surface area contributed by atoms with Crippen LogP contribution in [-0.2, 0) is 0 Å². The molecule has 4 heteroatoms. The second kappa shape index (κ2) is 9.75. The molecule has 0 saturated heterocycles. The van der Waals surface area contributed by atoms with Gasteiger partial charge in [0.15, 0.2) is 0 Å². The number of aliphatic hydroxyl groups is 1. The van der Waals surface area contributed by atoms with Gasteiger partial charge in [0.25, 0.3) is 0 Å². The van der Waals surface area contributed by atoms with Gasteiger partial charge in [0, 0.05) is 19.1 Å². The molecule has 0 radical (unpaired) electrons. The molecule has 0 aliphatic rings. The summed E-state index contributed by atoms with van der Waals surface area (Å²) in [5.74, 6) is 0.794. The lowest BCUT2D eigenvalue weighted by Gasteiger charge is -2.24. The molecule has 0 saturated carbocycles. The van der Waals surface area contributed by atoms with Crippen LogP contribution in [0.5, 0.6) is 5.75 Å². The van der Waals surface area contributed by atoms with Crippen molar-refractivity contribution in [3.05, 3.63) is 30.3 Å². The van der Waals surface area contributed by atoms with E-state index in [0.29, 0.717) is 19.2 Å². The molecular formula is C16H28N2O2. The third-order valence-corrected chi connectivity index (χ3v) is 3.31. The minimum atomic E-state index is -0.491. The van der Waals surface area contributed by atoms with Gasteiger partial charge in [0.2, 0.25) is 0 Å². The Morgan fingerprint density at radius 3 is 2.45 bits per heavy atom. The third-order valence-electron chi connectivity index (χ3n) is 3.31. The second-order valence-corrected chi connectivity index (χ2v) is 5.07. The highest BCUT2D eigenvalue weighted by Crippen LogP contribution is 2.08. The molecule has 0 fully saturated rings. The molecule has 0 aliphatic heterocycles. The van der Waals surface area contributed by atoms with Crippen molar-refractivity contribution in [3.8, 4) is 5.75 Å². The molecule has 0 aliphatic carbocycles. The molecule has 0 bridgehead atoms. The van der Waals surface area contributed by atoms with Crippen LogP contribution in [0, 0.1) is 0 Å². The highest BCUT2D eigenvalue weighted by atomic mass is 16.5. The maximum absolute atomic E-state index is 9.91. The lowest BCUT2D eigenvalue weighted by atomic mass is 10.2. The molecule has 20 heavy (non-hydrogen) atoms. The van der Waals surface area contributed by atoms with Crippen LogP contribution in [0.25, 0.3) is 0 Å². The second-order valence-electron chi connectivity index (χ2n) is 5.07. The van der Waals surface area contributed by atoms with E-state index in [1.54, 1.807) is 0 Å². The summed E-state index contributed by atoms with van der Waals surface area (Å²) in [5, 5.41) is 13.3. The number of para-hydroxylation sites is 1. The fraction of sp³-hybridized carbons (Fsp3) is 0.625. The fourth-order valence-corrected chi connectivity index (χ4v) is 2.04. The molecule has 0 amide bonds. The van der Waals surface area contributed by atoms with Crippen molar-refractivity contribution >= 4 is 0 Å². The van der Waals surface area contributed by atoms with Gasteiger partial charge in [-0.05, 0) is 32.1 Å². The van der Waals surface area contributed by atoms with Gasteiger partial charge in [0.1, 0.15) is 18.5 Å². The summed E-state index contributed by atoms with van der Waals surface area (Å²) < 4.78 is 5.52. The third kappa shape index (κ3) is 6.89. The molecule has 0 spiro atoms. The minimum Gasteiger partial charge on any atom is -0.491 e. The summed E-state index contributed by atoms with van der Waals surface area (Å²) in [7, 11) is 0. The van der Waals surface area contributed by atoms with Crippen molar-refractivity contribution in [3.63, 3.8) is 0 Å². The molecular weight excluding hydrogens is 252 g/mol. The zero-order valence-corrected chi connectivity index (χ0v) is 12.9. The molecule has 2 unspecified atom stereocenters. The van der Waals surface area contributed by atoms with E-state index >= 15 is 0 Å². The topological polar surface area (TPSA) is 44.7 Å². The first-order chi connectivity index (χ1) is 9.65. The Kier molecular flexibility index (Phi) is 8.26. The van der Waals surface area contributed by atoms with Crippen LogP contribution >= 0.6 is 0 Å². The summed E-state index contributed by atoms with van der Waals surface area (Å²) in [6.07, 6.45) is -0.491. The van der Waals surface area contributed by atoms with Crippen LogP contribution in [0.2, 0.25) is 0 Å². The van der Waals surface area contributed by atoms with E-state index < -0.39 is 6.10 Å². The first kappa shape index (κ1) is 17.0. The number of nitrogens with one attached hydrogen (secondary N) is 1. The summed E-state index contributed by atoms with van der Waals surface area (Å²) in [6, 6.07) is 9.94. The Hall–Kier alpha value is -1.10. The van der Waals surface area contributed by atoms with Gasteiger partial charge in [-0.2, -0.15) is 0 Å². The van der Waals surface area contributed by atoms with Gasteiger partial charge in [0.05, 0.1) is 0 Å². The molecule has 1 rings (SSSR count). The molecule has 114 valence electrons. The Labute approximate surface area is 122 Å². The normalized spacial score (nSPS) is 14.2. The van der Waals surface area contributed by atoms with Crippen molar-refractivity contribution in [2.24, 2.45) is 0 Å². The van der Waals surface area contributed by atoms with Crippen molar-refractivity contribution in [1.82, 2.24) is 10.2 Å². The monoisotopic (exact) mass is 280 g/mol. The van der Waals surface area contributed by atoms with Crippen molar-refractivity contribution in [1.29, 1.82) is 0 Å². The maximum atomic E-state index is 9.91. The highest BCUT2D eigenvalue weighted by molar-refractivity contribution is 5.20. The lowest BCUT2D eigenvalue weighted by molar-refractivity contribution is 0.102.